The van der Waals surface area contributed by atoms with Gasteiger partial charge in [0.05, 0.1) is 33.1 Å². The maximum atomic E-state index is 2.49. The highest BCUT2D eigenvalue weighted by atomic mass is 15.1. The predicted octanol–water partition coefficient (Wildman–Crippen LogP) is 13.2. The van der Waals surface area contributed by atoms with Gasteiger partial charge in [-0.15, -0.1) is 0 Å². The van der Waals surface area contributed by atoms with Gasteiger partial charge in [-0.05, 0) is 97.1 Å². The Kier molecular flexibility index (Phi) is 6.22. The minimum atomic E-state index is 1.13. The van der Waals surface area contributed by atoms with Gasteiger partial charge in [0.1, 0.15) is 0 Å². The molecule has 0 aliphatic rings. The third-order valence-corrected chi connectivity index (χ3v) is 10.6. The minimum absolute atomic E-state index is 1.13. The first-order chi connectivity index (χ1) is 25.8. The monoisotopic (exact) mass is 664 g/mol. The van der Waals surface area contributed by atoms with Crippen LogP contribution in [0.3, 0.4) is 0 Å². The van der Waals surface area contributed by atoms with Gasteiger partial charge in [-0.25, -0.2) is 0 Å². The van der Waals surface area contributed by atoms with E-state index < -0.39 is 0 Å². The maximum absolute atomic E-state index is 2.49. The van der Waals surface area contributed by atoms with Crippen LogP contribution in [0, 0.1) is 0 Å². The average molecular weight is 665 g/mol. The Labute approximate surface area is 300 Å². The summed E-state index contributed by atoms with van der Waals surface area (Å²) in [5.74, 6) is 0. The second-order valence-corrected chi connectivity index (χ2v) is 13.4. The zero-order chi connectivity index (χ0) is 34.2. The summed E-state index contributed by atoms with van der Waals surface area (Å²) in [5.41, 5.74) is 14.1. The fourth-order valence-corrected chi connectivity index (χ4v) is 8.42. The van der Waals surface area contributed by atoms with E-state index >= 15 is 0 Å². The summed E-state index contributed by atoms with van der Waals surface area (Å²) in [5, 5.41) is 4.97. The first kappa shape index (κ1) is 28.8. The maximum Gasteiger partial charge on any atom is 0.0783 e. The van der Waals surface area contributed by atoms with E-state index in [9.17, 15) is 0 Å². The first-order valence-electron chi connectivity index (χ1n) is 17.8. The van der Waals surface area contributed by atoms with Gasteiger partial charge in [0.25, 0.3) is 0 Å². The highest BCUT2D eigenvalue weighted by Crippen LogP contribution is 2.44. The van der Waals surface area contributed by atoms with Crippen LogP contribution in [0.25, 0.3) is 54.6 Å². The number of anilines is 6. The average Bonchev–Trinajstić information content (AvgIpc) is 3.73. The van der Waals surface area contributed by atoms with Crippen LogP contribution in [0.15, 0.2) is 194 Å². The van der Waals surface area contributed by atoms with Crippen molar-refractivity contribution in [2.75, 3.05) is 9.80 Å². The summed E-state index contributed by atoms with van der Waals surface area (Å²) in [6.07, 6.45) is 0. The van der Waals surface area contributed by atoms with E-state index in [0.717, 1.165) is 34.1 Å². The SMILES string of the molecule is c1ccc(N(c2ccccc2)c2ccc3c(c2)c2cccc4c2n3c2cccc3c5cc(N(c6ccccc6)c6ccccc6)ccc5n4c32)cc1. The minimum Gasteiger partial charge on any atom is -0.310 e. The van der Waals surface area contributed by atoms with Gasteiger partial charge in [0, 0.05) is 55.7 Å². The predicted molar refractivity (Wildman–Crippen MR) is 219 cm³/mol. The van der Waals surface area contributed by atoms with Gasteiger partial charge in [-0.3, -0.25) is 0 Å². The zero-order valence-corrected chi connectivity index (χ0v) is 28.3. The smallest absolute Gasteiger partial charge is 0.0783 e. The van der Waals surface area contributed by atoms with Crippen LogP contribution < -0.4 is 9.80 Å². The molecule has 11 aromatic rings. The van der Waals surface area contributed by atoms with Crippen LogP contribution in [-0.4, -0.2) is 8.80 Å². The quantitative estimate of drug-likeness (QED) is 0.164. The van der Waals surface area contributed by atoms with E-state index in [1.165, 1.54) is 54.6 Å². The summed E-state index contributed by atoms with van der Waals surface area (Å²) < 4.78 is 4.98. The number of fused-ring (bicyclic) bond motifs is 8. The molecule has 0 fully saturated rings. The summed E-state index contributed by atoms with van der Waals surface area (Å²) in [4.78, 5) is 4.69. The molecule has 0 aliphatic carbocycles. The molecule has 4 heteroatoms. The summed E-state index contributed by atoms with van der Waals surface area (Å²) >= 11 is 0. The molecule has 3 aromatic heterocycles. The molecule has 11 rings (SSSR count). The van der Waals surface area contributed by atoms with Crippen molar-refractivity contribution in [1.29, 1.82) is 0 Å². The third kappa shape index (κ3) is 4.15. The molecule has 52 heavy (non-hydrogen) atoms. The molecule has 0 atom stereocenters. The van der Waals surface area contributed by atoms with Gasteiger partial charge in [0.15, 0.2) is 0 Å². The Hall–Kier alpha value is -7.04. The number of aromatic nitrogens is 2. The molecule has 0 bridgehead atoms. The number of hydrogen-bond acceptors (Lipinski definition) is 2. The van der Waals surface area contributed by atoms with Crippen LogP contribution in [0.2, 0.25) is 0 Å². The lowest BCUT2D eigenvalue weighted by molar-refractivity contribution is 1.25. The van der Waals surface area contributed by atoms with Crippen molar-refractivity contribution in [3.8, 4) is 0 Å². The van der Waals surface area contributed by atoms with Crippen molar-refractivity contribution in [3.63, 3.8) is 0 Å². The van der Waals surface area contributed by atoms with E-state index in [1.807, 2.05) is 0 Å². The Bertz CT molecular complexity index is 2760. The van der Waals surface area contributed by atoms with Gasteiger partial charge in [-0.2, -0.15) is 0 Å². The van der Waals surface area contributed by atoms with Gasteiger partial charge < -0.3 is 18.6 Å². The van der Waals surface area contributed by atoms with E-state index in [4.69, 9.17) is 0 Å². The summed E-state index contributed by atoms with van der Waals surface area (Å²) in [6.45, 7) is 0. The van der Waals surface area contributed by atoms with Crippen LogP contribution in [0.5, 0.6) is 0 Å². The molecule has 244 valence electrons. The largest absolute Gasteiger partial charge is 0.310 e. The molecule has 8 aromatic carbocycles. The summed E-state index contributed by atoms with van der Waals surface area (Å²) in [7, 11) is 0. The molecule has 0 N–H and O–H groups in total. The Morgan fingerprint density at radius 1 is 0.250 bits per heavy atom. The Morgan fingerprint density at radius 2 is 0.596 bits per heavy atom. The molecule has 0 aliphatic heterocycles. The molecule has 0 saturated heterocycles. The van der Waals surface area contributed by atoms with Crippen molar-refractivity contribution in [2.45, 2.75) is 0 Å². The van der Waals surface area contributed by atoms with E-state index in [-0.39, 0.29) is 0 Å². The lowest BCUT2D eigenvalue weighted by atomic mass is 10.1. The molecule has 3 heterocycles. The van der Waals surface area contributed by atoms with Crippen molar-refractivity contribution in [1.82, 2.24) is 8.80 Å². The number of para-hydroxylation sites is 6. The lowest BCUT2D eigenvalue weighted by Gasteiger charge is -2.25. The molecule has 0 saturated carbocycles. The lowest BCUT2D eigenvalue weighted by Crippen LogP contribution is -2.09. The first-order valence-corrected chi connectivity index (χ1v) is 17.8. The summed E-state index contributed by atoms with van der Waals surface area (Å²) in [6, 6.07) is 70.0. The van der Waals surface area contributed by atoms with Crippen LogP contribution in [0.1, 0.15) is 0 Å². The molecular weight excluding hydrogens is 633 g/mol. The van der Waals surface area contributed by atoms with Gasteiger partial charge >= 0.3 is 0 Å². The van der Waals surface area contributed by atoms with Gasteiger partial charge in [-0.1, -0.05) is 97.1 Å². The van der Waals surface area contributed by atoms with Crippen molar-refractivity contribution < 1.29 is 0 Å². The Morgan fingerprint density at radius 3 is 0.942 bits per heavy atom. The normalized spacial score (nSPS) is 11.8. The fourth-order valence-electron chi connectivity index (χ4n) is 8.42. The Balaban J connectivity index is 1.18. The van der Waals surface area contributed by atoms with E-state index in [2.05, 4.69) is 213 Å². The van der Waals surface area contributed by atoms with E-state index in [1.54, 1.807) is 0 Å². The van der Waals surface area contributed by atoms with Gasteiger partial charge in [0.2, 0.25) is 0 Å². The number of nitrogens with zero attached hydrogens (tertiary/aromatic N) is 4. The van der Waals surface area contributed by atoms with Crippen LogP contribution in [0.4, 0.5) is 34.1 Å². The third-order valence-electron chi connectivity index (χ3n) is 10.6. The topological polar surface area (TPSA) is 15.3 Å². The van der Waals surface area contributed by atoms with E-state index in [0.29, 0.717) is 0 Å². The number of hydrogen-bond donors (Lipinski definition) is 0. The highest BCUT2D eigenvalue weighted by Gasteiger charge is 2.23. The van der Waals surface area contributed by atoms with Crippen LogP contribution >= 0.6 is 0 Å². The second kappa shape index (κ2) is 11.2. The van der Waals surface area contributed by atoms with Crippen LogP contribution in [-0.2, 0) is 0 Å². The van der Waals surface area contributed by atoms with Crippen molar-refractivity contribution in [3.05, 3.63) is 194 Å². The standard InChI is InChI=1S/C48H32N4/c1-5-15-33(16-6-1)49(34-17-7-2-8-18-34)37-27-29-43-41(31-37)39-23-13-25-45-47(39)51(43)46-26-14-24-40-42-32-38(28-30-44(42)52(45)48(40)46)50(35-19-9-3-10-20-35)36-21-11-4-12-22-36/h1-32H. The highest BCUT2D eigenvalue weighted by molar-refractivity contribution is 6.22. The fraction of sp³-hybridized carbons (Fsp3) is 0. The molecule has 0 spiro atoms. The van der Waals surface area contributed by atoms with Crippen molar-refractivity contribution in [2.24, 2.45) is 0 Å². The molecule has 0 radical (unpaired) electrons. The van der Waals surface area contributed by atoms with Crippen molar-refractivity contribution >= 4 is 88.8 Å². The molecule has 0 unspecified atom stereocenters. The number of benzene rings is 8. The second-order valence-electron chi connectivity index (χ2n) is 13.4. The molecular formula is C48H32N4. The number of rotatable bonds is 6. The zero-order valence-electron chi connectivity index (χ0n) is 28.3. The molecule has 0 amide bonds. The molecule has 4 nitrogen and oxygen atoms in total.